The molecule has 7 heteroatoms. The number of hydrogen-bond acceptors (Lipinski definition) is 4. The van der Waals surface area contributed by atoms with Crippen LogP contribution in [0, 0.1) is 0 Å². The van der Waals surface area contributed by atoms with E-state index in [-0.39, 0.29) is 24.0 Å². The molecule has 0 heterocycles. The first kappa shape index (κ1) is 15.8. The molecule has 1 aromatic rings. The highest BCUT2D eigenvalue weighted by atomic mass is 32.2. The molecular formula is C14H19NO5S. The summed E-state index contributed by atoms with van der Waals surface area (Å²) < 4.78 is 31.7. The van der Waals surface area contributed by atoms with Gasteiger partial charge in [-0.2, -0.15) is 4.31 Å². The first-order chi connectivity index (χ1) is 9.95. The Hall–Kier alpha value is -1.60. The largest absolute Gasteiger partial charge is 0.493 e. The van der Waals surface area contributed by atoms with Crippen molar-refractivity contribution in [2.24, 2.45) is 0 Å². The van der Waals surface area contributed by atoms with Gasteiger partial charge in [-0.1, -0.05) is 6.92 Å². The van der Waals surface area contributed by atoms with Crippen molar-refractivity contribution in [1.29, 1.82) is 0 Å². The van der Waals surface area contributed by atoms with Crippen LogP contribution in [0.25, 0.3) is 0 Å². The van der Waals surface area contributed by atoms with Crippen LogP contribution >= 0.6 is 0 Å². The van der Waals surface area contributed by atoms with Crippen molar-refractivity contribution in [2.45, 2.75) is 37.1 Å². The number of aliphatic carboxylic acids is 1. The van der Waals surface area contributed by atoms with Crippen molar-refractivity contribution < 1.29 is 23.1 Å². The lowest BCUT2D eigenvalue weighted by molar-refractivity contribution is -0.137. The monoisotopic (exact) mass is 313 g/mol. The van der Waals surface area contributed by atoms with Gasteiger partial charge in [0.05, 0.1) is 17.9 Å². The average molecular weight is 313 g/mol. The van der Waals surface area contributed by atoms with Crippen molar-refractivity contribution in [3.63, 3.8) is 0 Å². The summed E-state index contributed by atoms with van der Waals surface area (Å²) in [5.41, 5.74) is 0. The smallest absolute Gasteiger partial charge is 0.306 e. The lowest BCUT2D eigenvalue weighted by atomic mass is 10.3. The third-order valence-corrected chi connectivity index (χ3v) is 5.32. The van der Waals surface area contributed by atoms with Crippen molar-refractivity contribution >= 4 is 16.0 Å². The van der Waals surface area contributed by atoms with Crippen LogP contribution in [0.3, 0.4) is 0 Å². The number of sulfonamides is 1. The fourth-order valence-electron chi connectivity index (χ4n) is 2.09. The standard InChI is InChI=1S/C14H19NO5S/c1-2-15(11-3-4-11)21(18,19)13-7-5-12(6-8-13)20-10-9-14(16)17/h5-8,11H,2-4,9-10H2,1H3,(H,16,17). The summed E-state index contributed by atoms with van der Waals surface area (Å²) in [4.78, 5) is 10.6. The van der Waals surface area contributed by atoms with Gasteiger partial charge in [-0.05, 0) is 37.1 Å². The van der Waals surface area contributed by atoms with E-state index in [2.05, 4.69) is 0 Å². The Morgan fingerprint density at radius 1 is 1.33 bits per heavy atom. The van der Waals surface area contributed by atoms with E-state index in [0.717, 1.165) is 12.8 Å². The van der Waals surface area contributed by atoms with E-state index in [4.69, 9.17) is 9.84 Å². The van der Waals surface area contributed by atoms with Gasteiger partial charge in [-0.3, -0.25) is 4.79 Å². The van der Waals surface area contributed by atoms with E-state index in [1.807, 2.05) is 6.92 Å². The zero-order valence-corrected chi connectivity index (χ0v) is 12.7. The lowest BCUT2D eigenvalue weighted by Gasteiger charge is -2.20. The predicted molar refractivity (Wildman–Crippen MR) is 76.8 cm³/mol. The number of hydrogen-bond donors (Lipinski definition) is 1. The Morgan fingerprint density at radius 3 is 2.43 bits per heavy atom. The number of rotatable bonds is 8. The molecule has 1 N–H and O–H groups in total. The fraction of sp³-hybridized carbons (Fsp3) is 0.500. The van der Waals surface area contributed by atoms with Crippen LogP contribution in [-0.2, 0) is 14.8 Å². The maximum Gasteiger partial charge on any atom is 0.306 e. The summed E-state index contributed by atoms with van der Waals surface area (Å²) in [6.07, 6.45) is 1.75. The number of carbonyl (C=O) groups is 1. The minimum absolute atomic E-state index is 0.0601. The topological polar surface area (TPSA) is 83.9 Å². The Kier molecular flexibility index (Phi) is 4.84. The second-order valence-electron chi connectivity index (χ2n) is 4.90. The van der Waals surface area contributed by atoms with E-state index in [1.54, 1.807) is 12.1 Å². The number of carboxylic acids is 1. The second kappa shape index (κ2) is 6.44. The average Bonchev–Trinajstić information content (AvgIpc) is 3.24. The number of ether oxygens (including phenoxy) is 1. The van der Waals surface area contributed by atoms with Crippen LogP contribution in [0.1, 0.15) is 26.2 Å². The van der Waals surface area contributed by atoms with Crippen LogP contribution in [0.5, 0.6) is 5.75 Å². The molecule has 6 nitrogen and oxygen atoms in total. The van der Waals surface area contributed by atoms with E-state index in [9.17, 15) is 13.2 Å². The molecule has 0 aliphatic heterocycles. The van der Waals surface area contributed by atoms with Crippen LogP contribution < -0.4 is 4.74 Å². The van der Waals surface area contributed by atoms with E-state index >= 15 is 0 Å². The number of benzene rings is 1. The van der Waals surface area contributed by atoms with Crippen LogP contribution in [0.2, 0.25) is 0 Å². The molecule has 0 saturated heterocycles. The highest BCUT2D eigenvalue weighted by Gasteiger charge is 2.36. The van der Waals surface area contributed by atoms with Crippen LogP contribution in [0.15, 0.2) is 29.2 Å². The molecule has 1 aliphatic rings. The quantitative estimate of drug-likeness (QED) is 0.790. The molecule has 1 aliphatic carbocycles. The van der Waals surface area contributed by atoms with Gasteiger partial charge >= 0.3 is 5.97 Å². The van der Waals surface area contributed by atoms with Gasteiger partial charge < -0.3 is 9.84 Å². The normalized spacial score (nSPS) is 15.1. The highest BCUT2D eigenvalue weighted by Crippen LogP contribution is 2.32. The number of nitrogens with zero attached hydrogens (tertiary/aromatic N) is 1. The Morgan fingerprint density at radius 2 is 1.95 bits per heavy atom. The molecule has 0 radical (unpaired) electrons. The van der Waals surface area contributed by atoms with E-state index in [1.165, 1.54) is 16.4 Å². The summed E-state index contributed by atoms with van der Waals surface area (Å²) in [7, 11) is -3.45. The molecule has 0 aromatic heterocycles. The molecule has 0 bridgehead atoms. The highest BCUT2D eigenvalue weighted by molar-refractivity contribution is 7.89. The number of carboxylic acid groups (broad SMARTS) is 1. The van der Waals surface area contributed by atoms with Crippen molar-refractivity contribution in [3.05, 3.63) is 24.3 Å². The maximum atomic E-state index is 12.5. The maximum absolute atomic E-state index is 12.5. The molecular weight excluding hydrogens is 294 g/mol. The van der Waals surface area contributed by atoms with Crippen LogP contribution in [-0.4, -0.2) is 43.0 Å². The minimum atomic E-state index is -3.45. The van der Waals surface area contributed by atoms with Crippen molar-refractivity contribution in [3.8, 4) is 5.75 Å². The molecule has 0 spiro atoms. The van der Waals surface area contributed by atoms with E-state index in [0.29, 0.717) is 12.3 Å². The molecule has 116 valence electrons. The molecule has 0 amide bonds. The summed E-state index contributed by atoms with van der Waals surface area (Å²) >= 11 is 0. The fourth-order valence-corrected chi connectivity index (χ4v) is 3.78. The Labute approximate surface area is 124 Å². The third-order valence-electron chi connectivity index (χ3n) is 3.28. The molecule has 1 saturated carbocycles. The van der Waals surface area contributed by atoms with Gasteiger partial charge in [0.15, 0.2) is 0 Å². The zero-order valence-electron chi connectivity index (χ0n) is 11.9. The van der Waals surface area contributed by atoms with Crippen molar-refractivity contribution in [1.82, 2.24) is 4.31 Å². The summed E-state index contributed by atoms with van der Waals surface area (Å²) in [6, 6.07) is 6.23. The first-order valence-electron chi connectivity index (χ1n) is 6.91. The van der Waals surface area contributed by atoms with Crippen molar-refractivity contribution in [2.75, 3.05) is 13.2 Å². The summed E-state index contributed by atoms with van der Waals surface area (Å²) in [5.74, 6) is -0.470. The molecule has 1 fully saturated rings. The molecule has 1 aromatic carbocycles. The minimum Gasteiger partial charge on any atom is -0.493 e. The first-order valence-corrected chi connectivity index (χ1v) is 8.35. The third kappa shape index (κ3) is 3.95. The van der Waals surface area contributed by atoms with Gasteiger partial charge in [0.2, 0.25) is 10.0 Å². The van der Waals surface area contributed by atoms with Gasteiger partial charge in [0.1, 0.15) is 5.75 Å². The SMILES string of the molecule is CCN(C1CC1)S(=O)(=O)c1ccc(OCCC(=O)O)cc1. The summed E-state index contributed by atoms with van der Waals surface area (Å²) in [6.45, 7) is 2.35. The Bertz CT molecular complexity index is 592. The van der Waals surface area contributed by atoms with Gasteiger partial charge in [0.25, 0.3) is 0 Å². The predicted octanol–water partition coefficient (Wildman–Crippen LogP) is 1.71. The van der Waals surface area contributed by atoms with Gasteiger partial charge in [-0.25, -0.2) is 8.42 Å². The zero-order chi connectivity index (χ0) is 15.5. The molecule has 0 atom stereocenters. The van der Waals surface area contributed by atoms with Crippen LogP contribution in [0.4, 0.5) is 0 Å². The molecule has 2 rings (SSSR count). The Balaban J connectivity index is 2.05. The molecule has 21 heavy (non-hydrogen) atoms. The van der Waals surface area contributed by atoms with Gasteiger partial charge in [0, 0.05) is 12.6 Å². The molecule has 0 unspecified atom stereocenters. The van der Waals surface area contributed by atoms with E-state index < -0.39 is 16.0 Å². The summed E-state index contributed by atoms with van der Waals surface area (Å²) in [5, 5.41) is 8.52. The van der Waals surface area contributed by atoms with Gasteiger partial charge in [-0.15, -0.1) is 0 Å². The second-order valence-corrected chi connectivity index (χ2v) is 6.79. The lowest BCUT2D eigenvalue weighted by Crippen LogP contribution is -2.32.